The van der Waals surface area contributed by atoms with E-state index in [4.69, 9.17) is 4.42 Å². The zero-order valence-corrected chi connectivity index (χ0v) is 13.7. The number of nitrogens with one attached hydrogen (secondary N) is 2. The fourth-order valence-electron chi connectivity index (χ4n) is 3.92. The van der Waals surface area contributed by atoms with Gasteiger partial charge in [0.1, 0.15) is 6.26 Å². The molecule has 1 aromatic heterocycles. The van der Waals surface area contributed by atoms with E-state index in [1.807, 2.05) is 30.3 Å². The molecule has 126 valence electrons. The molecule has 2 aliphatic rings. The lowest BCUT2D eigenvalue weighted by molar-refractivity contribution is -0.123. The summed E-state index contributed by atoms with van der Waals surface area (Å²) >= 11 is 0. The highest BCUT2D eigenvalue weighted by molar-refractivity contribution is 5.82. The summed E-state index contributed by atoms with van der Waals surface area (Å²) in [7, 11) is 0. The minimum absolute atomic E-state index is 0.0569. The number of oxazole rings is 1. The zero-order chi connectivity index (χ0) is 16.4. The smallest absolute Gasteiger partial charge is 0.237 e. The molecule has 2 heterocycles. The molecule has 2 N–H and O–H groups in total. The third-order valence-electron chi connectivity index (χ3n) is 5.20. The Balaban J connectivity index is 1.32. The van der Waals surface area contributed by atoms with E-state index in [-0.39, 0.29) is 11.9 Å². The minimum Gasteiger partial charge on any atom is -0.444 e. The average molecular weight is 325 g/mol. The van der Waals surface area contributed by atoms with E-state index < -0.39 is 0 Å². The second-order valence-corrected chi connectivity index (χ2v) is 6.83. The fourth-order valence-corrected chi connectivity index (χ4v) is 3.92. The van der Waals surface area contributed by atoms with Gasteiger partial charge in [0.25, 0.3) is 0 Å². The molecule has 3 unspecified atom stereocenters. The number of aromatic nitrogens is 1. The van der Waals surface area contributed by atoms with Gasteiger partial charge in [-0.25, -0.2) is 4.98 Å². The molecular formula is C19H23N3O2. The van der Waals surface area contributed by atoms with Gasteiger partial charge in [0.05, 0.1) is 18.3 Å². The lowest BCUT2D eigenvalue weighted by Crippen LogP contribution is -2.42. The van der Waals surface area contributed by atoms with Crippen molar-refractivity contribution in [2.45, 2.75) is 50.7 Å². The Morgan fingerprint density at radius 1 is 1.25 bits per heavy atom. The number of carbonyl (C=O) groups excluding carboxylic acids is 1. The van der Waals surface area contributed by atoms with Crippen LogP contribution in [0.4, 0.5) is 0 Å². The van der Waals surface area contributed by atoms with E-state index in [1.165, 1.54) is 25.7 Å². The van der Waals surface area contributed by atoms with E-state index in [1.54, 1.807) is 6.26 Å². The van der Waals surface area contributed by atoms with Crippen LogP contribution in [0.25, 0.3) is 11.5 Å². The standard InChI is InChI=1S/C19H23N3O2/c23-18(17-10-14-8-4-5-9-16(14)22-17)20-11-15-12-24-19(21-15)13-6-2-1-3-7-13/h1-3,6-7,12,14,16-17,22H,4-5,8-11H2,(H,20,23). The largest absolute Gasteiger partial charge is 0.444 e. The summed E-state index contributed by atoms with van der Waals surface area (Å²) in [5.41, 5.74) is 1.69. The molecule has 1 amide bonds. The maximum Gasteiger partial charge on any atom is 0.237 e. The molecule has 1 aliphatic heterocycles. The first-order valence-electron chi connectivity index (χ1n) is 8.83. The van der Waals surface area contributed by atoms with Gasteiger partial charge in [-0.05, 0) is 37.3 Å². The van der Waals surface area contributed by atoms with Gasteiger partial charge in [-0.2, -0.15) is 0 Å². The maximum absolute atomic E-state index is 12.4. The number of hydrogen-bond donors (Lipinski definition) is 2. The van der Waals surface area contributed by atoms with Crippen molar-refractivity contribution in [1.82, 2.24) is 15.6 Å². The number of carbonyl (C=O) groups is 1. The number of benzene rings is 1. The van der Waals surface area contributed by atoms with E-state index in [0.717, 1.165) is 17.7 Å². The first-order chi connectivity index (χ1) is 11.8. The summed E-state index contributed by atoms with van der Waals surface area (Å²) < 4.78 is 5.51. The van der Waals surface area contributed by atoms with Crippen molar-refractivity contribution in [1.29, 1.82) is 0 Å². The summed E-state index contributed by atoms with van der Waals surface area (Å²) in [6, 6.07) is 10.2. The van der Waals surface area contributed by atoms with Crippen molar-refractivity contribution < 1.29 is 9.21 Å². The van der Waals surface area contributed by atoms with Crippen LogP contribution in [0, 0.1) is 5.92 Å². The van der Waals surface area contributed by atoms with E-state index in [9.17, 15) is 4.79 Å². The van der Waals surface area contributed by atoms with Crippen molar-refractivity contribution in [2.24, 2.45) is 5.92 Å². The fraction of sp³-hybridized carbons (Fsp3) is 0.474. The molecule has 0 radical (unpaired) electrons. The maximum atomic E-state index is 12.4. The van der Waals surface area contributed by atoms with Gasteiger partial charge in [-0.3, -0.25) is 4.79 Å². The van der Waals surface area contributed by atoms with Crippen LogP contribution >= 0.6 is 0 Å². The number of rotatable bonds is 4. The molecule has 24 heavy (non-hydrogen) atoms. The van der Waals surface area contributed by atoms with Crippen molar-refractivity contribution in [3.63, 3.8) is 0 Å². The topological polar surface area (TPSA) is 67.2 Å². The van der Waals surface area contributed by atoms with Crippen molar-refractivity contribution in [3.8, 4) is 11.5 Å². The van der Waals surface area contributed by atoms with E-state index in [2.05, 4.69) is 15.6 Å². The molecule has 5 heteroatoms. The highest BCUT2D eigenvalue weighted by Crippen LogP contribution is 2.33. The Hall–Kier alpha value is -2.14. The van der Waals surface area contributed by atoms with Gasteiger partial charge in [0.15, 0.2) is 0 Å². The summed E-state index contributed by atoms with van der Waals surface area (Å²) in [4.78, 5) is 16.9. The van der Waals surface area contributed by atoms with Gasteiger partial charge in [-0.1, -0.05) is 31.0 Å². The number of nitrogens with zero attached hydrogens (tertiary/aromatic N) is 1. The van der Waals surface area contributed by atoms with Gasteiger partial charge in [-0.15, -0.1) is 0 Å². The SMILES string of the molecule is O=C(NCc1coc(-c2ccccc2)n1)C1CC2CCCCC2N1. The first-order valence-corrected chi connectivity index (χ1v) is 8.83. The highest BCUT2D eigenvalue weighted by atomic mass is 16.3. The van der Waals surface area contributed by atoms with Gasteiger partial charge in [0, 0.05) is 11.6 Å². The summed E-state index contributed by atoms with van der Waals surface area (Å²) in [6.07, 6.45) is 7.63. The molecule has 1 aliphatic carbocycles. The van der Waals surface area contributed by atoms with Crippen LogP contribution in [0.3, 0.4) is 0 Å². The van der Waals surface area contributed by atoms with Crippen LogP contribution in [-0.2, 0) is 11.3 Å². The van der Waals surface area contributed by atoms with E-state index in [0.29, 0.717) is 24.4 Å². The average Bonchev–Trinajstić information content (AvgIpc) is 3.27. The third kappa shape index (κ3) is 3.22. The zero-order valence-electron chi connectivity index (χ0n) is 13.7. The second-order valence-electron chi connectivity index (χ2n) is 6.83. The molecule has 1 aromatic carbocycles. The van der Waals surface area contributed by atoms with Crippen molar-refractivity contribution in [3.05, 3.63) is 42.3 Å². The van der Waals surface area contributed by atoms with Crippen LogP contribution in [0.5, 0.6) is 0 Å². The highest BCUT2D eigenvalue weighted by Gasteiger charge is 2.38. The Bertz CT molecular complexity index is 684. The third-order valence-corrected chi connectivity index (χ3v) is 5.20. The Morgan fingerprint density at radius 3 is 2.92 bits per heavy atom. The molecule has 0 bridgehead atoms. The van der Waals surface area contributed by atoms with Crippen LogP contribution in [0.1, 0.15) is 37.8 Å². The predicted octanol–water partition coefficient (Wildman–Crippen LogP) is 2.88. The van der Waals surface area contributed by atoms with Crippen LogP contribution in [0.15, 0.2) is 41.0 Å². The Kier molecular flexibility index (Phi) is 4.34. The van der Waals surface area contributed by atoms with E-state index >= 15 is 0 Å². The van der Waals surface area contributed by atoms with Crippen LogP contribution in [0.2, 0.25) is 0 Å². The molecule has 4 rings (SSSR count). The molecule has 0 spiro atoms. The molecule has 3 atom stereocenters. The molecule has 1 saturated carbocycles. The molecular weight excluding hydrogens is 302 g/mol. The number of hydrogen-bond acceptors (Lipinski definition) is 4. The van der Waals surface area contributed by atoms with Crippen molar-refractivity contribution in [2.75, 3.05) is 0 Å². The Morgan fingerprint density at radius 2 is 2.08 bits per heavy atom. The minimum atomic E-state index is -0.0569. The Labute approximate surface area is 141 Å². The summed E-state index contributed by atoms with van der Waals surface area (Å²) in [6.45, 7) is 0.405. The predicted molar refractivity (Wildman–Crippen MR) is 91.1 cm³/mol. The number of amides is 1. The number of fused-ring (bicyclic) bond motifs is 1. The van der Waals surface area contributed by atoms with Crippen LogP contribution in [-0.4, -0.2) is 23.0 Å². The molecule has 2 aromatic rings. The lowest BCUT2D eigenvalue weighted by atomic mass is 9.85. The van der Waals surface area contributed by atoms with Gasteiger partial charge < -0.3 is 15.1 Å². The normalized spacial score (nSPS) is 26.1. The first kappa shape index (κ1) is 15.4. The molecule has 2 fully saturated rings. The second kappa shape index (κ2) is 6.77. The lowest BCUT2D eigenvalue weighted by Gasteiger charge is -2.24. The summed E-state index contributed by atoms with van der Waals surface area (Å²) in [5, 5.41) is 6.50. The van der Waals surface area contributed by atoms with Gasteiger partial charge >= 0.3 is 0 Å². The van der Waals surface area contributed by atoms with Gasteiger partial charge in [0.2, 0.25) is 11.8 Å². The molecule has 1 saturated heterocycles. The molecule has 5 nitrogen and oxygen atoms in total. The summed E-state index contributed by atoms with van der Waals surface area (Å²) in [5.74, 6) is 1.34. The van der Waals surface area contributed by atoms with Crippen molar-refractivity contribution >= 4 is 5.91 Å². The monoisotopic (exact) mass is 325 g/mol. The quantitative estimate of drug-likeness (QED) is 0.907. The van der Waals surface area contributed by atoms with Crippen LogP contribution < -0.4 is 10.6 Å².